The molecule has 0 aliphatic rings. The number of nitrogens with one attached hydrogen (secondary N) is 1. The zero-order chi connectivity index (χ0) is 15.3. The Morgan fingerprint density at radius 1 is 1.50 bits per heavy atom. The molecule has 0 bridgehead atoms. The minimum atomic E-state index is -0.729. The van der Waals surface area contributed by atoms with Gasteiger partial charge in [-0.2, -0.15) is 5.10 Å². The van der Waals surface area contributed by atoms with Gasteiger partial charge < -0.3 is 15.5 Å². The zero-order valence-corrected chi connectivity index (χ0v) is 12.0. The lowest BCUT2D eigenvalue weighted by atomic mass is 10.2. The normalized spacial score (nSPS) is 14.2. The third-order valence-electron chi connectivity index (χ3n) is 3.26. The van der Waals surface area contributed by atoms with Gasteiger partial charge in [-0.3, -0.25) is 14.8 Å². The van der Waals surface area contributed by atoms with Gasteiger partial charge in [0.05, 0.1) is 24.2 Å². The van der Waals surface area contributed by atoms with Crippen molar-refractivity contribution in [3.05, 3.63) is 21.5 Å². The zero-order valence-electron chi connectivity index (χ0n) is 12.0. The molecule has 1 aromatic rings. The largest absolute Gasteiger partial charge is 0.395 e. The fraction of sp³-hybridized carbons (Fsp3) is 0.750. The summed E-state index contributed by atoms with van der Waals surface area (Å²) in [4.78, 5) is 10.4. The minimum Gasteiger partial charge on any atom is -0.395 e. The molecule has 0 spiro atoms. The van der Waals surface area contributed by atoms with Gasteiger partial charge in [-0.25, -0.2) is 0 Å². The Morgan fingerprint density at radius 3 is 2.60 bits per heavy atom. The molecule has 0 fully saturated rings. The number of aliphatic hydroxyl groups excluding tert-OH is 2. The molecule has 8 heteroatoms. The van der Waals surface area contributed by atoms with Crippen molar-refractivity contribution in [2.45, 2.75) is 45.9 Å². The number of hydrogen-bond acceptors (Lipinski definition) is 6. The van der Waals surface area contributed by atoms with Crippen LogP contribution in [0.4, 0.5) is 5.69 Å². The first-order valence-corrected chi connectivity index (χ1v) is 6.61. The maximum absolute atomic E-state index is 10.9. The molecule has 0 aliphatic heterocycles. The molecule has 1 rings (SSSR count). The summed E-state index contributed by atoms with van der Waals surface area (Å²) in [5.74, 6) is 0. The Morgan fingerprint density at radius 2 is 2.15 bits per heavy atom. The van der Waals surface area contributed by atoms with E-state index in [2.05, 4.69) is 10.4 Å². The van der Waals surface area contributed by atoms with Crippen LogP contribution in [-0.2, 0) is 6.54 Å². The highest BCUT2D eigenvalue weighted by Crippen LogP contribution is 2.21. The van der Waals surface area contributed by atoms with Gasteiger partial charge in [0.15, 0.2) is 0 Å². The molecular formula is C12H22N4O4. The van der Waals surface area contributed by atoms with Crippen molar-refractivity contribution in [3.8, 4) is 0 Å². The summed E-state index contributed by atoms with van der Waals surface area (Å²) in [6.07, 6.45) is 0.0300. The predicted molar refractivity (Wildman–Crippen MR) is 73.5 cm³/mol. The molecule has 114 valence electrons. The molecule has 2 unspecified atom stereocenters. The third kappa shape index (κ3) is 3.99. The highest BCUT2D eigenvalue weighted by molar-refractivity contribution is 5.39. The summed E-state index contributed by atoms with van der Waals surface area (Å²) in [5.41, 5.74) is 0.766. The maximum atomic E-state index is 10.9. The van der Waals surface area contributed by atoms with Gasteiger partial charge in [-0.05, 0) is 20.3 Å². The number of nitrogens with zero attached hydrogens (tertiary/aromatic N) is 3. The van der Waals surface area contributed by atoms with Gasteiger partial charge in [0.1, 0.15) is 11.4 Å². The number of aromatic nitrogens is 2. The van der Waals surface area contributed by atoms with Crippen LogP contribution in [0.1, 0.15) is 24.7 Å². The lowest BCUT2D eigenvalue weighted by Crippen LogP contribution is -2.39. The fourth-order valence-corrected chi connectivity index (χ4v) is 2.03. The molecule has 20 heavy (non-hydrogen) atoms. The van der Waals surface area contributed by atoms with Gasteiger partial charge in [0.25, 0.3) is 0 Å². The predicted octanol–water partition coefficient (Wildman–Crippen LogP) is 0.130. The van der Waals surface area contributed by atoms with Crippen LogP contribution in [0.3, 0.4) is 0 Å². The van der Waals surface area contributed by atoms with E-state index in [1.165, 1.54) is 4.68 Å². The van der Waals surface area contributed by atoms with Gasteiger partial charge in [0.2, 0.25) is 0 Å². The van der Waals surface area contributed by atoms with Crippen molar-refractivity contribution in [1.29, 1.82) is 0 Å². The van der Waals surface area contributed by atoms with Crippen LogP contribution in [0, 0.1) is 24.0 Å². The summed E-state index contributed by atoms with van der Waals surface area (Å²) in [5, 5.41) is 37.0. The summed E-state index contributed by atoms with van der Waals surface area (Å²) < 4.78 is 1.44. The fourth-order valence-electron chi connectivity index (χ4n) is 2.03. The average molecular weight is 286 g/mol. The van der Waals surface area contributed by atoms with Crippen molar-refractivity contribution in [2.24, 2.45) is 0 Å². The van der Waals surface area contributed by atoms with Gasteiger partial charge >= 0.3 is 5.69 Å². The highest BCUT2D eigenvalue weighted by atomic mass is 16.6. The van der Waals surface area contributed by atoms with E-state index in [9.17, 15) is 15.2 Å². The standard InChI is InChI=1S/C12H22N4O4/c1-4-10(7-17)13-5-11(18)6-15-9(3)12(16(19)20)8(2)14-15/h10-11,13,17-18H,4-7H2,1-3H3. The van der Waals surface area contributed by atoms with E-state index < -0.39 is 11.0 Å². The lowest BCUT2D eigenvalue weighted by Gasteiger charge is -2.17. The number of nitro groups is 1. The smallest absolute Gasteiger partial charge is 0.312 e. The Kier molecular flexibility index (Phi) is 6.05. The molecule has 1 aromatic heterocycles. The molecule has 0 radical (unpaired) electrons. The summed E-state index contributed by atoms with van der Waals surface area (Å²) in [6.45, 7) is 5.60. The summed E-state index contributed by atoms with van der Waals surface area (Å²) in [6, 6.07) is -0.0561. The molecule has 0 aromatic carbocycles. The number of aliphatic hydroxyl groups is 2. The minimum absolute atomic E-state index is 0.00745. The molecule has 3 N–H and O–H groups in total. The first-order valence-electron chi connectivity index (χ1n) is 6.61. The maximum Gasteiger partial charge on any atom is 0.312 e. The van der Waals surface area contributed by atoms with Crippen LogP contribution in [0.2, 0.25) is 0 Å². The lowest BCUT2D eigenvalue weighted by molar-refractivity contribution is -0.386. The van der Waals surface area contributed by atoms with E-state index in [1.54, 1.807) is 13.8 Å². The number of aryl methyl sites for hydroxylation is 1. The van der Waals surface area contributed by atoms with Gasteiger partial charge in [0, 0.05) is 12.6 Å². The Bertz CT molecular complexity index is 457. The van der Waals surface area contributed by atoms with Crippen molar-refractivity contribution in [1.82, 2.24) is 15.1 Å². The van der Waals surface area contributed by atoms with E-state index in [0.717, 1.165) is 6.42 Å². The van der Waals surface area contributed by atoms with Crippen LogP contribution in [0.25, 0.3) is 0 Å². The van der Waals surface area contributed by atoms with Crippen LogP contribution in [-0.4, -0.2) is 50.2 Å². The number of hydrogen-bond donors (Lipinski definition) is 3. The van der Waals surface area contributed by atoms with Crippen LogP contribution < -0.4 is 5.32 Å². The van der Waals surface area contributed by atoms with Crippen molar-refractivity contribution in [2.75, 3.05) is 13.2 Å². The molecule has 0 saturated carbocycles. The topological polar surface area (TPSA) is 113 Å². The Balaban J connectivity index is 2.65. The molecule has 8 nitrogen and oxygen atoms in total. The number of rotatable bonds is 8. The van der Waals surface area contributed by atoms with Crippen molar-refractivity contribution in [3.63, 3.8) is 0 Å². The second-order valence-corrected chi connectivity index (χ2v) is 4.81. The summed E-state index contributed by atoms with van der Waals surface area (Å²) in [7, 11) is 0. The summed E-state index contributed by atoms with van der Waals surface area (Å²) >= 11 is 0. The molecule has 0 amide bonds. The van der Waals surface area contributed by atoms with Crippen LogP contribution in [0.5, 0.6) is 0 Å². The van der Waals surface area contributed by atoms with E-state index in [-0.39, 0.29) is 24.9 Å². The third-order valence-corrected chi connectivity index (χ3v) is 3.26. The van der Waals surface area contributed by atoms with Crippen LogP contribution >= 0.6 is 0 Å². The van der Waals surface area contributed by atoms with Crippen molar-refractivity contribution >= 4 is 5.69 Å². The van der Waals surface area contributed by atoms with E-state index in [4.69, 9.17) is 5.11 Å². The molecule has 0 aliphatic carbocycles. The van der Waals surface area contributed by atoms with Crippen molar-refractivity contribution < 1.29 is 15.1 Å². The average Bonchev–Trinajstić information content (AvgIpc) is 2.65. The first kappa shape index (κ1) is 16.5. The second-order valence-electron chi connectivity index (χ2n) is 4.81. The monoisotopic (exact) mass is 286 g/mol. The van der Waals surface area contributed by atoms with E-state index in [1.807, 2.05) is 6.92 Å². The SMILES string of the molecule is CCC(CO)NCC(O)Cn1nc(C)c([N+](=O)[O-])c1C. The molecular weight excluding hydrogens is 264 g/mol. The second kappa shape index (κ2) is 7.32. The molecule has 2 atom stereocenters. The quantitative estimate of drug-likeness (QED) is 0.462. The Hall–Kier alpha value is -1.51. The van der Waals surface area contributed by atoms with Crippen LogP contribution in [0.15, 0.2) is 0 Å². The van der Waals surface area contributed by atoms with Gasteiger partial charge in [-0.1, -0.05) is 6.92 Å². The highest BCUT2D eigenvalue weighted by Gasteiger charge is 2.22. The van der Waals surface area contributed by atoms with Gasteiger partial charge in [-0.15, -0.1) is 0 Å². The first-order chi connectivity index (χ1) is 9.40. The molecule has 1 heterocycles. The Labute approximate surface area is 117 Å². The van der Waals surface area contributed by atoms with E-state index >= 15 is 0 Å². The van der Waals surface area contributed by atoms with E-state index in [0.29, 0.717) is 17.9 Å². The molecule has 0 saturated heterocycles.